The van der Waals surface area contributed by atoms with Crippen LogP contribution in [0.5, 0.6) is 0 Å². The number of carboxylic acids is 1. The lowest BCUT2D eigenvalue weighted by Crippen LogP contribution is -2.45. The molecule has 0 aromatic heterocycles. The maximum atomic E-state index is 11.0. The van der Waals surface area contributed by atoms with Crippen molar-refractivity contribution in [2.45, 2.75) is 44.6 Å². The minimum absolute atomic E-state index is 0.103. The van der Waals surface area contributed by atoms with Gasteiger partial charge >= 0.3 is 5.97 Å². The summed E-state index contributed by atoms with van der Waals surface area (Å²) in [5.74, 6) is 0.670. The molecular weight excluding hydrogens is 242 g/mol. The maximum absolute atomic E-state index is 11.0. The van der Waals surface area contributed by atoms with E-state index in [2.05, 4.69) is 19.0 Å². The third kappa shape index (κ3) is 3.69. The molecule has 0 bridgehead atoms. The van der Waals surface area contributed by atoms with Crippen LogP contribution in [0.4, 0.5) is 0 Å². The van der Waals surface area contributed by atoms with Gasteiger partial charge in [0.1, 0.15) is 0 Å². The van der Waals surface area contributed by atoms with E-state index in [9.17, 15) is 4.79 Å². The van der Waals surface area contributed by atoms with Crippen LogP contribution >= 0.6 is 0 Å². The quantitative estimate of drug-likeness (QED) is 0.850. The van der Waals surface area contributed by atoms with E-state index in [1.807, 2.05) is 0 Å². The fraction of sp³-hybridized carbons (Fsp3) is 0.933. The van der Waals surface area contributed by atoms with Crippen LogP contribution in [0.25, 0.3) is 0 Å². The van der Waals surface area contributed by atoms with Crippen LogP contribution in [0.2, 0.25) is 0 Å². The molecule has 0 radical (unpaired) electrons. The first-order chi connectivity index (χ1) is 9.09. The Labute approximate surface area is 116 Å². The molecule has 1 aliphatic carbocycles. The summed E-state index contributed by atoms with van der Waals surface area (Å²) in [4.78, 5) is 13.4. The molecule has 1 unspecified atom stereocenters. The predicted molar refractivity (Wildman–Crippen MR) is 74.1 cm³/mol. The molecule has 1 saturated heterocycles. The molecule has 1 N–H and O–H groups in total. The zero-order chi connectivity index (χ0) is 13.8. The Bertz CT molecular complexity index is 292. The zero-order valence-electron chi connectivity index (χ0n) is 12.2. The number of ether oxygens (including phenoxy) is 1. The molecule has 1 heterocycles. The Morgan fingerprint density at radius 3 is 2.05 bits per heavy atom. The Balaban J connectivity index is 1.94. The first kappa shape index (κ1) is 14.8. The average molecular weight is 269 g/mol. The summed E-state index contributed by atoms with van der Waals surface area (Å²) in [6, 6.07) is 0.596. The number of carbonyl (C=O) groups is 1. The summed E-state index contributed by atoms with van der Waals surface area (Å²) in [6.07, 6.45) is 6.15. The van der Waals surface area contributed by atoms with Gasteiger partial charge in [0.05, 0.1) is 5.92 Å². The second-order valence-corrected chi connectivity index (χ2v) is 6.35. The molecular formula is C15H27NO3. The Morgan fingerprint density at radius 1 is 1.05 bits per heavy atom. The van der Waals surface area contributed by atoms with Gasteiger partial charge in [0.25, 0.3) is 0 Å². The number of hydrogen-bond donors (Lipinski definition) is 1. The van der Waals surface area contributed by atoms with Gasteiger partial charge in [-0.3, -0.25) is 4.79 Å². The summed E-state index contributed by atoms with van der Waals surface area (Å²) >= 11 is 0. The zero-order valence-corrected chi connectivity index (χ0v) is 12.2. The standard InChI is InChI=1S/C15H27NO3/c1-16(2)14(12-7-9-19-10-8-12)11-3-5-13(6-4-11)15(17)18/h11-14H,3-10H2,1-2H3,(H,17,18). The average Bonchev–Trinajstić information content (AvgIpc) is 2.40. The van der Waals surface area contributed by atoms with Crippen LogP contribution in [-0.4, -0.2) is 49.3 Å². The van der Waals surface area contributed by atoms with E-state index in [0.29, 0.717) is 12.0 Å². The molecule has 0 amide bonds. The molecule has 19 heavy (non-hydrogen) atoms. The summed E-state index contributed by atoms with van der Waals surface area (Å²) < 4.78 is 5.47. The first-order valence-electron chi connectivity index (χ1n) is 7.56. The highest BCUT2D eigenvalue weighted by atomic mass is 16.5. The van der Waals surface area contributed by atoms with Gasteiger partial charge < -0.3 is 14.7 Å². The molecule has 2 rings (SSSR count). The van der Waals surface area contributed by atoms with E-state index >= 15 is 0 Å². The van der Waals surface area contributed by atoms with E-state index in [4.69, 9.17) is 9.84 Å². The van der Waals surface area contributed by atoms with Crippen molar-refractivity contribution in [1.82, 2.24) is 4.90 Å². The van der Waals surface area contributed by atoms with Crippen molar-refractivity contribution >= 4 is 5.97 Å². The second kappa shape index (κ2) is 6.71. The number of rotatable bonds is 4. The Hall–Kier alpha value is -0.610. The normalized spacial score (nSPS) is 31.3. The van der Waals surface area contributed by atoms with E-state index in [-0.39, 0.29) is 5.92 Å². The van der Waals surface area contributed by atoms with Gasteiger partial charge in [-0.25, -0.2) is 0 Å². The third-order valence-corrected chi connectivity index (χ3v) is 4.95. The molecule has 110 valence electrons. The van der Waals surface area contributed by atoms with Crippen LogP contribution in [0.1, 0.15) is 38.5 Å². The van der Waals surface area contributed by atoms with E-state index in [1.165, 1.54) is 0 Å². The smallest absolute Gasteiger partial charge is 0.306 e. The van der Waals surface area contributed by atoms with Crippen LogP contribution in [0.15, 0.2) is 0 Å². The SMILES string of the molecule is CN(C)C(C1CCOCC1)C1CCC(C(=O)O)CC1. The Morgan fingerprint density at radius 2 is 1.58 bits per heavy atom. The number of hydrogen-bond acceptors (Lipinski definition) is 3. The van der Waals surface area contributed by atoms with Crippen LogP contribution in [0, 0.1) is 17.8 Å². The Kier molecular flexibility index (Phi) is 5.22. The summed E-state index contributed by atoms with van der Waals surface area (Å²) in [5, 5.41) is 9.09. The van der Waals surface area contributed by atoms with Crippen molar-refractivity contribution in [1.29, 1.82) is 0 Å². The maximum Gasteiger partial charge on any atom is 0.306 e. The molecule has 1 saturated carbocycles. The molecule has 1 atom stereocenters. The molecule has 2 fully saturated rings. The molecule has 4 heteroatoms. The fourth-order valence-corrected chi connectivity index (χ4v) is 3.99. The van der Waals surface area contributed by atoms with Crippen molar-refractivity contribution < 1.29 is 14.6 Å². The van der Waals surface area contributed by atoms with Gasteiger partial charge in [-0.1, -0.05) is 0 Å². The van der Waals surface area contributed by atoms with Gasteiger partial charge in [0.2, 0.25) is 0 Å². The number of carboxylic acid groups (broad SMARTS) is 1. The topological polar surface area (TPSA) is 49.8 Å². The van der Waals surface area contributed by atoms with Crippen molar-refractivity contribution in [2.24, 2.45) is 17.8 Å². The summed E-state index contributed by atoms with van der Waals surface area (Å²) in [7, 11) is 4.34. The minimum atomic E-state index is -0.606. The second-order valence-electron chi connectivity index (χ2n) is 6.35. The third-order valence-electron chi connectivity index (χ3n) is 4.95. The minimum Gasteiger partial charge on any atom is -0.481 e. The summed E-state index contributed by atoms with van der Waals surface area (Å²) in [6.45, 7) is 1.78. The molecule has 0 aromatic carbocycles. The lowest BCUT2D eigenvalue weighted by molar-refractivity contribution is -0.143. The highest BCUT2D eigenvalue weighted by molar-refractivity contribution is 5.69. The van der Waals surface area contributed by atoms with Crippen LogP contribution < -0.4 is 0 Å². The molecule has 1 aliphatic heterocycles. The van der Waals surface area contributed by atoms with Gasteiger partial charge in [-0.15, -0.1) is 0 Å². The van der Waals surface area contributed by atoms with Gasteiger partial charge in [0.15, 0.2) is 0 Å². The van der Waals surface area contributed by atoms with Crippen molar-refractivity contribution in [3.63, 3.8) is 0 Å². The van der Waals surface area contributed by atoms with Crippen molar-refractivity contribution in [2.75, 3.05) is 27.3 Å². The number of aliphatic carboxylic acids is 1. The van der Waals surface area contributed by atoms with Gasteiger partial charge in [0, 0.05) is 19.3 Å². The van der Waals surface area contributed by atoms with Gasteiger partial charge in [-0.2, -0.15) is 0 Å². The monoisotopic (exact) mass is 269 g/mol. The van der Waals surface area contributed by atoms with Crippen LogP contribution in [0.3, 0.4) is 0 Å². The molecule has 0 spiro atoms. The first-order valence-corrected chi connectivity index (χ1v) is 7.56. The molecule has 0 aromatic rings. The predicted octanol–water partition coefficient (Wildman–Crippen LogP) is 2.23. The van der Waals surface area contributed by atoms with E-state index < -0.39 is 5.97 Å². The van der Waals surface area contributed by atoms with E-state index in [0.717, 1.165) is 57.7 Å². The lowest BCUT2D eigenvalue weighted by atomic mass is 9.73. The fourth-order valence-electron chi connectivity index (χ4n) is 3.99. The molecule has 2 aliphatic rings. The van der Waals surface area contributed by atoms with Crippen molar-refractivity contribution in [3.8, 4) is 0 Å². The van der Waals surface area contributed by atoms with Crippen LogP contribution in [-0.2, 0) is 9.53 Å². The van der Waals surface area contributed by atoms with Gasteiger partial charge in [-0.05, 0) is 64.5 Å². The highest BCUT2D eigenvalue weighted by Crippen LogP contribution is 2.37. The van der Waals surface area contributed by atoms with Crippen molar-refractivity contribution in [3.05, 3.63) is 0 Å². The largest absolute Gasteiger partial charge is 0.481 e. The summed E-state index contributed by atoms with van der Waals surface area (Å²) in [5.41, 5.74) is 0. The van der Waals surface area contributed by atoms with E-state index in [1.54, 1.807) is 0 Å². The molecule has 4 nitrogen and oxygen atoms in total. The number of nitrogens with zero attached hydrogens (tertiary/aromatic N) is 1. The highest BCUT2D eigenvalue weighted by Gasteiger charge is 2.36. The lowest BCUT2D eigenvalue weighted by Gasteiger charge is -2.42.